The molecule has 0 atom stereocenters. The average molecular weight is 543 g/mol. The van der Waals surface area contributed by atoms with Gasteiger partial charge >= 0.3 is 38.7 Å². The van der Waals surface area contributed by atoms with E-state index < -0.39 is 22.8 Å². The van der Waals surface area contributed by atoms with Gasteiger partial charge in [0.2, 0.25) is 0 Å². The van der Waals surface area contributed by atoms with Gasteiger partial charge in [0.25, 0.3) is 0 Å². The zero-order chi connectivity index (χ0) is 26.4. The van der Waals surface area contributed by atoms with Crippen LogP contribution in [0.4, 0.5) is 0 Å². The third-order valence-electron chi connectivity index (χ3n) is 4.49. The van der Waals surface area contributed by atoms with Crippen molar-refractivity contribution in [2.24, 2.45) is 10.8 Å². The van der Waals surface area contributed by atoms with E-state index >= 15 is 0 Å². The summed E-state index contributed by atoms with van der Waals surface area (Å²) in [5.74, 6) is -1.51. The second-order valence-corrected chi connectivity index (χ2v) is 9.51. The predicted octanol–water partition coefficient (Wildman–Crippen LogP) is 6.58. The largest absolute Gasteiger partial charge is 0.179 e. The molecule has 0 saturated heterocycles. The Morgan fingerprint density at radius 3 is 1.72 bits per heavy atom. The average Bonchev–Trinajstić information content (AvgIpc) is 3.46. The van der Waals surface area contributed by atoms with E-state index in [4.69, 9.17) is 10.2 Å². The molecule has 2 aromatic rings. The molecule has 2 aromatic carbocycles. The van der Waals surface area contributed by atoms with E-state index in [0.29, 0.717) is 0 Å². The minimum atomic E-state index is -0.757. The van der Waals surface area contributed by atoms with Gasteiger partial charge in [0, 0.05) is 0 Å². The molecule has 36 heavy (non-hydrogen) atoms. The Labute approximate surface area is 233 Å². The van der Waals surface area contributed by atoms with Crippen LogP contribution in [0, 0.1) is 37.8 Å². The third kappa shape index (κ3) is 15.0. The number of hydrogen-bond donors (Lipinski definition) is 2. The molecule has 198 valence electrons. The molecular formula is C30H42O4SiTi-4. The van der Waals surface area contributed by atoms with Crippen LogP contribution in [-0.4, -0.2) is 29.8 Å². The zero-order valence-electron chi connectivity index (χ0n) is 23.1. The molecule has 0 heterocycles. The van der Waals surface area contributed by atoms with Crippen molar-refractivity contribution in [1.29, 1.82) is 0 Å². The van der Waals surface area contributed by atoms with Crippen LogP contribution in [0.1, 0.15) is 59.1 Å². The number of carbonyl (C=O) groups is 2. The molecular weight excluding hydrogens is 500 g/mol. The predicted molar refractivity (Wildman–Crippen MR) is 151 cm³/mol. The summed E-state index contributed by atoms with van der Waals surface area (Å²) >= 11 is 2.03. The molecule has 2 aliphatic carbocycles. The smallest absolute Gasteiger partial charge is 0.0253 e. The number of aliphatic carboxylic acids is 2. The number of fused-ring (bicyclic) bond motifs is 3. The van der Waals surface area contributed by atoms with Crippen molar-refractivity contribution in [3.63, 3.8) is 0 Å². The van der Waals surface area contributed by atoms with Gasteiger partial charge in [-0.15, -0.1) is 12.0 Å². The van der Waals surface area contributed by atoms with Gasteiger partial charge in [-0.2, -0.15) is 35.9 Å². The Kier molecular flexibility index (Phi) is 20.2. The van der Waals surface area contributed by atoms with Crippen molar-refractivity contribution >= 4 is 19.6 Å². The summed E-state index contributed by atoms with van der Waals surface area (Å²) in [6.45, 7) is 9.97. The summed E-state index contributed by atoms with van der Waals surface area (Å²) in [5, 5.41) is 16.5. The Morgan fingerprint density at radius 2 is 1.33 bits per heavy atom. The van der Waals surface area contributed by atoms with Gasteiger partial charge in [0.1, 0.15) is 0 Å². The molecule has 0 aromatic heterocycles. The maximum Gasteiger partial charge on any atom is -0.0253 e. The first-order valence-electron chi connectivity index (χ1n) is 11.0. The third-order valence-corrected chi connectivity index (χ3v) is 4.49. The van der Waals surface area contributed by atoms with Gasteiger partial charge in [0.05, 0.1) is 10.8 Å². The SMILES string of the molecule is CC(C)(C)C(=O)O.CC(C)(C)C(=O)O.[C-]1=CC=CC1.[CH3-].[CH3-].[SiH2]=[Ti].[c-]1cccc2c1Cc1ccccc1-2. The first kappa shape index (κ1) is 38.3. The molecule has 0 amide bonds. The Morgan fingerprint density at radius 1 is 0.861 bits per heavy atom. The molecule has 0 bridgehead atoms. The minimum Gasteiger partial charge on any atom is -0.179 e. The number of hydrogen-bond acceptors (Lipinski definition) is 2. The van der Waals surface area contributed by atoms with Crippen molar-refractivity contribution < 1.29 is 39.0 Å². The summed E-state index contributed by atoms with van der Waals surface area (Å²) in [4.78, 5) is 20.0. The fourth-order valence-corrected chi connectivity index (χ4v) is 2.34. The van der Waals surface area contributed by atoms with Crippen LogP contribution in [0.3, 0.4) is 0 Å². The molecule has 6 heteroatoms. The van der Waals surface area contributed by atoms with Crippen molar-refractivity contribution in [3.05, 3.63) is 98.8 Å². The normalized spacial score (nSPS) is 11.4. The number of benzene rings is 2. The topological polar surface area (TPSA) is 74.6 Å². The number of carboxylic acid groups (broad SMARTS) is 2. The Bertz CT molecular complexity index is 905. The molecule has 0 spiro atoms. The molecule has 4 rings (SSSR count). The number of rotatable bonds is 0. The standard InChI is InChI=1S/C13H9.2C5H10O2.C5H5.2CH3.H2Si.Ti/c1-3-7-12-10(5-1)9-11-6-2-4-8-13(11)12;2*1-5(2,3)4(6)7;1-2-4-5-3-1;;;;/h1-5,7-8H,9H2;2*1-3H3,(H,6,7);1-3H,4H2;2*1H3;1H2;/q-1;;;3*-1;;. The number of carboxylic acids is 2. The van der Waals surface area contributed by atoms with Gasteiger partial charge < -0.3 is 25.1 Å². The molecule has 0 fully saturated rings. The summed E-state index contributed by atoms with van der Waals surface area (Å²) in [6, 6.07) is 18.1. The van der Waals surface area contributed by atoms with Crippen molar-refractivity contribution in [1.82, 2.24) is 0 Å². The summed E-state index contributed by atoms with van der Waals surface area (Å²) in [7, 11) is 1.86. The van der Waals surface area contributed by atoms with E-state index in [1.165, 1.54) is 22.3 Å². The van der Waals surface area contributed by atoms with Crippen LogP contribution in [0.25, 0.3) is 11.1 Å². The van der Waals surface area contributed by atoms with E-state index in [-0.39, 0.29) is 14.9 Å². The fraction of sp³-hybridized carbons (Fsp3) is 0.333. The first-order valence-corrected chi connectivity index (χ1v) is 15.0. The van der Waals surface area contributed by atoms with E-state index in [2.05, 4.69) is 54.6 Å². The van der Waals surface area contributed by atoms with Gasteiger partial charge in [-0.1, -0.05) is 35.4 Å². The van der Waals surface area contributed by atoms with Crippen LogP contribution in [0.5, 0.6) is 0 Å². The van der Waals surface area contributed by atoms with Gasteiger partial charge in [-0.05, 0) is 48.0 Å². The van der Waals surface area contributed by atoms with Crippen LogP contribution in [0.15, 0.2) is 60.7 Å². The second kappa shape index (κ2) is 19.0. The second-order valence-electron chi connectivity index (χ2n) is 9.51. The van der Waals surface area contributed by atoms with E-state index in [0.717, 1.165) is 12.8 Å². The zero-order valence-corrected chi connectivity index (χ0v) is 26.1. The maximum atomic E-state index is 10.0. The minimum absolute atomic E-state index is 0. The summed E-state index contributed by atoms with van der Waals surface area (Å²) in [6.07, 6.45) is 11.0. The monoisotopic (exact) mass is 542 g/mol. The van der Waals surface area contributed by atoms with Crippen molar-refractivity contribution in [2.75, 3.05) is 0 Å². The van der Waals surface area contributed by atoms with E-state index in [9.17, 15) is 9.59 Å². The molecule has 2 N–H and O–H groups in total. The molecule has 0 radical (unpaired) electrons. The van der Waals surface area contributed by atoms with Crippen LogP contribution in [-0.2, 0) is 35.2 Å². The summed E-state index contributed by atoms with van der Waals surface area (Å²) in [5.41, 5.74) is 4.34. The molecule has 0 aliphatic heterocycles. The Hall–Kier alpha value is -2.21. The van der Waals surface area contributed by atoms with E-state index in [1.807, 2.05) is 45.0 Å². The van der Waals surface area contributed by atoms with Crippen LogP contribution >= 0.6 is 0 Å². The van der Waals surface area contributed by atoms with Crippen molar-refractivity contribution in [3.8, 4) is 11.1 Å². The molecule has 0 saturated carbocycles. The molecule has 2 aliphatic rings. The van der Waals surface area contributed by atoms with Crippen molar-refractivity contribution in [2.45, 2.75) is 54.4 Å². The van der Waals surface area contributed by atoms with Crippen LogP contribution < -0.4 is 0 Å². The maximum absolute atomic E-state index is 10.0. The summed E-state index contributed by atoms with van der Waals surface area (Å²) < 4.78 is 0. The van der Waals surface area contributed by atoms with Crippen LogP contribution in [0.2, 0.25) is 0 Å². The molecule has 4 nitrogen and oxygen atoms in total. The number of allylic oxidation sites excluding steroid dienone is 4. The van der Waals surface area contributed by atoms with Gasteiger partial charge in [0.15, 0.2) is 0 Å². The Balaban J connectivity index is -0.000000415. The quantitative estimate of drug-likeness (QED) is 0.249. The molecule has 0 unspecified atom stereocenters. The first-order chi connectivity index (χ1) is 15.8. The van der Waals surface area contributed by atoms with E-state index in [1.54, 1.807) is 41.5 Å². The fourth-order valence-electron chi connectivity index (χ4n) is 2.34. The van der Waals surface area contributed by atoms with Gasteiger partial charge in [-0.3, -0.25) is 15.7 Å². The van der Waals surface area contributed by atoms with Gasteiger partial charge in [-0.25, -0.2) is 12.2 Å².